The zero-order valence-electron chi connectivity index (χ0n) is 10.4. The van der Waals surface area contributed by atoms with Gasteiger partial charge < -0.3 is 5.73 Å². The number of hydrogen-bond acceptors (Lipinski definition) is 2. The Kier molecular flexibility index (Phi) is 1.96. The molecule has 0 saturated heterocycles. The van der Waals surface area contributed by atoms with Crippen molar-refractivity contribution in [2.45, 2.75) is 18.0 Å². The lowest BCUT2D eigenvalue weighted by atomic mass is 9.80. The molecule has 0 saturated carbocycles. The van der Waals surface area contributed by atoms with E-state index in [1.54, 1.807) is 0 Å². The lowest BCUT2D eigenvalue weighted by Crippen LogP contribution is -2.53. The molecule has 2 atom stereocenters. The predicted molar refractivity (Wildman–Crippen MR) is 72.4 cm³/mol. The van der Waals surface area contributed by atoms with Gasteiger partial charge in [-0.15, -0.1) is 0 Å². The molecule has 94 valence electrons. The first-order valence-electron chi connectivity index (χ1n) is 6.49. The van der Waals surface area contributed by atoms with Crippen molar-refractivity contribution in [3.8, 4) is 0 Å². The van der Waals surface area contributed by atoms with Crippen molar-refractivity contribution in [2.75, 3.05) is 0 Å². The van der Waals surface area contributed by atoms with Gasteiger partial charge in [-0.1, -0.05) is 48.5 Å². The van der Waals surface area contributed by atoms with Crippen LogP contribution in [0, 0.1) is 0 Å². The van der Waals surface area contributed by atoms with Gasteiger partial charge in [-0.25, -0.2) is 0 Å². The molecule has 19 heavy (non-hydrogen) atoms. The fraction of sp³-hybridized carbons (Fsp3) is 0.188. The van der Waals surface area contributed by atoms with Crippen molar-refractivity contribution in [3.63, 3.8) is 0 Å². The Morgan fingerprint density at radius 3 is 2.58 bits per heavy atom. The van der Waals surface area contributed by atoms with Crippen LogP contribution >= 0.6 is 0 Å². The van der Waals surface area contributed by atoms with Crippen LogP contribution in [-0.2, 0) is 16.8 Å². The number of carbonyl (C=O) groups is 1. The first-order chi connectivity index (χ1) is 9.23. The van der Waals surface area contributed by atoms with Gasteiger partial charge in [-0.2, -0.15) is 0 Å². The van der Waals surface area contributed by atoms with E-state index < -0.39 is 5.54 Å². The maximum Gasteiger partial charge on any atom is 0.247 e. The van der Waals surface area contributed by atoms with Gasteiger partial charge in [0.05, 0.1) is 0 Å². The number of carbonyl (C=O) groups excluding carboxylic acids is 1. The summed E-state index contributed by atoms with van der Waals surface area (Å²) in [4.78, 5) is 12.2. The van der Waals surface area contributed by atoms with Gasteiger partial charge in [0.1, 0.15) is 5.54 Å². The molecule has 2 aromatic carbocycles. The van der Waals surface area contributed by atoms with Gasteiger partial charge in [0.15, 0.2) is 0 Å². The van der Waals surface area contributed by atoms with Crippen LogP contribution in [-0.4, -0.2) is 5.91 Å². The number of amides is 1. The molecule has 0 aliphatic carbocycles. The molecule has 3 heteroatoms. The number of nitrogens with two attached hydrogens (primary N) is 1. The van der Waals surface area contributed by atoms with Gasteiger partial charge >= 0.3 is 0 Å². The molecule has 0 fully saturated rings. The third-order valence-electron chi connectivity index (χ3n) is 4.35. The Hall–Kier alpha value is -2.13. The van der Waals surface area contributed by atoms with Gasteiger partial charge in [0.25, 0.3) is 0 Å². The van der Waals surface area contributed by atoms with Gasteiger partial charge in [0, 0.05) is 6.04 Å². The first-order valence-corrected chi connectivity index (χ1v) is 6.49. The maximum absolute atomic E-state index is 12.2. The van der Waals surface area contributed by atoms with E-state index in [1.165, 1.54) is 11.1 Å². The molecule has 0 spiro atoms. The SMILES string of the molecule is NC(=O)[C@]12N[C@H](Cc3ccccc31)c1ccccc12. The number of hydrogen-bond donors (Lipinski definition) is 2. The monoisotopic (exact) mass is 250 g/mol. The third-order valence-corrected chi connectivity index (χ3v) is 4.35. The summed E-state index contributed by atoms with van der Waals surface area (Å²) in [5.74, 6) is -0.324. The van der Waals surface area contributed by atoms with Gasteiger partial charge in [-0.05, 0) is 28.7 Å². The summed E-state index contributed by atoms with van der Waals surface area (Å²) >= 11 is 0. The van der Waals surface area contributed by atoms with Crippen LogP contribution in [0.15, 0.2) is 48.5 Å². The van der Waals surface area contributed by atoms with E-state index in [0.29, 0.717) is 0 Å². The quantitative estimate of drug-likeness (QED) is 0.808. The highest BCUT2D eigenvalue weighted by Crippen LogP contribution is 2.48. The Labute approximate surface area is 111 Å². The summed E-state index contributed by atoms with van der Waals surface area (Å²) in [6, 6.07) is 16.3. The molecule has 0 aromatic heterocycles. The molecule has 2 aliphatic heterocycles. The van der Waals surface area contributed by atoms with Crippen LogP contribution in [0.1, 0.15) is 28.3 Å². The maximum atomic E-state index is 12.2. The third kappa shape index (κ3) is 1.18. The fourth-order valence-corrected chi connectivity index (χ4v) is 3.56. The first kappa shape index (κ1) is 10.8. The Morgan fingerprint density at radius 2 is 1.79 bits per heavy atom. The van der Waals surface area contributed by atoms with Crippen LogP contribution < -0.4 is 11.1 Å². The summed E-state index contributed by atoms with van der Waals surface area (Å²) < 4.78 is 0. The fourth-order valence-electron chi connectivity index (χ4n) is 3.56. The highest BCUT2D eigenvalue weighted by Gasteiger charge is 2.52. The molecular formula is C16H14N2O. The van der Waals surface area contributed by atoms with E-state index in [4.69, 9.17) is 5.73 Å². The van der Waals surface area contributed by atoms with Gasteiger partial charge in [0.2, 0.25) is 5.91 Å². The molecular weight excluding hydrogens is 236 g/mol. The van der Waals surface area contributed by atoms with Crippen molar-refractivity contribution in [3.05, 3.63) is 70.8 Å². The minimum atomic E-state index is -0.851. The average Bonchev–Trinajstić information content (AvgIpc) is 2.71. The lowest BCUT2D eigenvalue weighted by Gasteiger charge is -2.34. The molecule has 0 radical (unpaired) electrons. The van der Waals surface area contributed by atoms with E-state index in [9.17, 15) is 4.79 Å². The number of nitrogens with one attached hydrogen (secondary N) is 1. The summed E-state index contributed by atoms with van der Waals surface area (Å²) in [5.41, 5.74) is 9.33. The largest absolute Gasteiger partial charge is 0.367 e. The summed E-state index contributed by atoms with van der Waals surface area (Å²) in [5, 5.41) is 3.45. The highest BCUT2D eigenvalue weighted by molar-refractivity contribution is 5.93. The molecule has 2 heterocycles. The minimum absolute atomic E-state index is 0.179. The van der Waals surface area contributed by atoms with E-state index >= 15 is 0 Å². The summed E-state index contributed by atoms with van der Waals surface area (Å²) in [6.45, 7) is 0. The van der Waals surface area contributed by atoms with Crippen LogP contribution in [0.3, 0.4) is 0 Å². The van der Waals surface area contributed by atoms with Crippen LogP contribution in [0.25, 0.3) is 0 Å². The Morgan fingerprint density at radius 1 is 1.11 bits per heavy atom. The van der Waals surface area contributed by atoms with Crippen molar-refractivity contribution < 1.29 is 4.79 Å². The normalized spacial score (nSPS) is 26.6. The molecule has 2 aromatic rings. The van der Waals surface area contributed by atoms with Crippen LogP contribution in [0.2, 0.25) is 0 Å². The number of rotatable bonds is 1. The smallest absolute Gasteiger partial charge is 0.247 e. The number of primary amides is 1. The second-order valence-corrected chi connectivity index (χ2v) is 5.26. The van der Waals surface area contributed by atoms with Crippen molar-refractivity contribution in [1.82, 2.24) is 5.32 Å². The van der Waals surface area contributed by atoms with E-state index in [0.717, 1.165) is 17.5 Å². The minimum Gasteiger partial charge on any atom is -0.367 e. The molecule has 4 rings (SSSR count). The zero-order chi connectivity index (χ0) is 13.0. The lowest BCUT2D eigenvalue weighted by molar-refractivity contribution is -0.123. The van der Waals surface area contributed by atoms with E-state index in [1.807, 2.05) is 36.4 Å². The van der Waals surface area contributed by atoms with Gasteiger partial charge in [-0.3, -0.25) is 10.1 Å². The summed E-state index contributed by atoms with van der Waals surface area (Å²) in [7, 11) is 0. The van der Waals surface area contributed by atoms with Crippen molar-refractivity contribution in [2.24, 2.45) is 5.73 Å². The van der Waals surface area contributed by atoms with Crippen LogP contribution in [0.5, 0.6) is 0 Å². The topological polar surface area (TPSA) is 55.1 Å². The molecule has 1 amide bonds. The highest BCUT2D eigenvalue weighted by atomic mass is 16.1. The number of fused-ring (bicyclic) bond motifs is 7. The van der Waals surface area contributed by atoms with Crippen molar-refractivity contribution >= 4 is 5.91 Å². The summed E-state index contributed by atoms with van der Waals surface area (Å²) in [6.07, 6.45) is 0.905. The average molecular weight is 250 g/mol. The molecule has 3 nitrogen and oxygen atoms in total. The second-order valence-electron chi connectivity index (χ2n) is 5.26. The predicted octanol–water partition coefficient (Wildman–Crippen LogP) is 1.62. The Balaban J connectivity index is 2.10. The molecule has 0 unspecified atom stereocenters. The Bertz CT molecular complexity index is 682. The van der Waals surface area contributed by atoms with E-state index in [-0.39, 0.29) is 11.9 Å². The van der Waals surface area contributed by atoms with Crippen molar-refractivity contribution in [1.29, 1.82) is 0 Å². The molecule has 2 bridgehead atoms. The van der Waals surface area contributed by atoms with E-state index in [2.05, 4.69) is 17.4 Å². The molecule has 2 aliphatic rings. The second kappa shape index (κ2) is 3.45. The van der Waals surface area contributed by atoms with Crippen LogP contribution in [0.4, 0.5) is 0 Å². The standard InChI is InChI=1S/C16H14N2O/c17-15(19)16-12-7-3-1-5-10(12)9-14(18-16)11-6-2-4-8-13(11)16/h1-8,14,18H,9H2,(H2,17,19)/t14-,16+/m1/s1. The molecule has 3 N–H and O–H groups in total. The number of benzene rings is 2. The zero-order valence-corrected chi connectivity index (χ0v) is 10.4.